The molecule has 0 unspecified atom stereocenters. The van der Waals surface area contributed by atoms with Gasteiger partial charge in [0.05, 0.1) is 18.6 Å². The number of H-pyrrole nitrogens is 1. The Labute approximate surface area is 158 Å². The van der Waals surface area contributed by atoms with E-state index in [2.05, 4.69) is 25.9 Å². The first-order valence-electron chi connectivity index (χ1n) is 8.31. The number of amides is 1. The Hall–Kier alpha value is -2.67. The first kappa shape index (κ1) is 16.8. The van der Waals surface area contributed by atoms with Crippen molar-refractivity contribution in [1.82, 2.24) is 19.4 Å². The minimum absolute atomic E-state index is 0.0569. The Bertz CT molecular complexity index is 1050. The number of hydrogen-bond acceptors (Lipinski definition) is 3. The molecule has 1 aliphatic rings. The minimum atomic E-state index is -0.114. The van der Waals surface area contributed by atoms with Crippen molar-refractivity contribution in [1.29, 1.82) is 0 Å². The Morgan fingerprint density at radius 2 is 2.04 bits per heavy atom. The van der Waals surface area contributed by atoms with Gasteiger partial charge in [-0.05, 0) is 24.6 Å². The number of nitrogens with one attached hydrogen (secondary N) is 1. The summed E-state index contributed by atoms with van der Waals surface area (Å²) < 4.78 is 2.89. The lowest BCUT2D eigenvalue weighted by atomic mass is 10.1. The number of aromatic nitrogens is 3. The topological polar surface area (TPSA) is 71.0 Å². The van der Waals surface area contributed by atoms with Gasteiger partial charge in [-0.3, -0.25) is 9.59 Å². The largest absolute Gasteiger partial charge is 0.340 e. The van der Waals surface area contributed by atoms with Gasteiger partial charge in [0.25, 0.3) is 11.5 Å². The van der Waals surface area contributed by atoms with Gasteiger partial charge in [-0.1, -0.05) is 34.1 Å². The van der Waals surface area contributed by atoms with Crippen LogP contribution in [0.4, 0.5) is 0 Å². The van der Waals surface area contributed by atoms with Crippen LogP contribution in [-0.4, -0.2) is 31.9 Å². The van der Waals surface area contributed by atoms with Gasteiger partial charge in [0.2, 0.25) is 0 Å². The van der Waals surface area contributed by atoms with Crippen molar-refractivity contribution in [2.24, 2.45) is 7.05 Å². The number of halogens is 1. The maximum absolute atomic E-state index is 13.0. The summed E-state index contributed by atoms with van der Waals surface area (Å²) in [7, 11) is 1.89. The molecule has 26 heavy (non-hydrogen) atoms. The van der Waals surface area contributed by atoms with Crippen LogP contribution in [0.25, 0.3) is 11.3 Å². The summed E-state index contributed by atoms with van der Waals surface area (Å²) in [5.41, 5.74) is 3.85. The summed E-state index contributed by atoms with van der Waals surface area (Å²) in [5.74, 6) is -0.0569. The molecule has 0 spiro atoms. The van der Waals surface area contributed by atoms with Crippen LogP contribution in [-0.2, 0) is 20.0 Å². The molecule has 1 N–H and O–H groups in total. The number of carbonyl (C=O) groups is 1. The van der Waals surface area contributed by atoms with Crippen molar-refractivity contribution >= 4 is 21.8 Å². The van der Waals surface area contributed by atoms with Crippen LogP contribution in [0, 0.1) is 0 Å². The van der Waals surface area contributed by atoms with Crippen molar-refractivity contribution in [2.75, 3.05) is 6.54 Å². The third kappa shape index (κ3) is 2.78. The van der Waals surface area contributed by atoms with Gasteiger partial charge in [0.1, 0.15) is 5.69 Å². The molecule has 2 aromatic heterocycles. The molecule has 6 nitrogen and oxygen atoms in total. The third-order valence-electron chi connectivity index (χ3n) is 4.79. The maximum Gasteiger partial charge on any atom is 0.270 e. The fourth-order valence-electron chi connectivity index (χ4n) is 3.37. The van der Waals surface area contributed by atoms with Crippen molar-refractivity contribution in [3.05, 3.63) is 74.5 Å². The fraction of sp³-hybridized carbons (Fsp3) is 0.211. The van der Waals surface area contributed by atoms with E-state index >= 15 is 0 Å². The van der Waals surface area contributed by atoms with Crippen LogP contribution in [0.2, 0.25) is 0 Å². The summed E-state index contributed by atoms with van der Waals surface area (Å²) in [6.45, 7) is 0.865. The van der Waals surface area contributed by atoms with Gasteiger partial charge in [-0.25, -0.2) is 4.98 Å². The molecule has 0 atom stereocenters. The number of carbonyl (C=O) groups excluding carboxylic acids is 1. The lowest BCUT2D eigenvalue weighted by molar-refractivity contribution is 0.0721. The zero-order chi connectivity index (χ0) is 18.3. The van der Waals surface area contributed by atoms with E-state index in [0.717, 1.165) is 15.7 Å². The average Bonchev–Trinajstić information content (AvgIpc) is 3.03. The molecule has 4 rings (SSSR count). The summed E-state index contributed by atoms with van der Waals surface area (Å²) in [5, 5.41) is 0. The second kappa shape index (κ2) is 6.57. The Morgan fingerprint density at radius 3 is 2.85 bits per heavy atom. The van der Waals surface area contributed by atoms with E-state index in [1.54, 1.807) is 4.90 Å². The first-order chi connectivity index (χ1) is 12.6. The molecule has 7 heteroatoms. The Balaban J connectivity index is 1.64. The molecule has 3 aromatic rings. The number of fused-ring (bicyclic) bond motifs is 1. The number of rotatable bonds is 2. The van der Waals surface area contributed by atoms with Crippen molar-refractivity contribution in [3.8, 4) is 11.3 Å². The molecule has 1 aromatic carbocycles. The predicted octanol–water partition coefficient (Wildman–Crippen LogP) is 2.74. The first-order valence-corrected chi connectivity index (χ1v) is 9.11. The van der Waals surface area contributed by atoms with Gasteiger partial charge in [-0.2, -0.15) is 0 Å². The lowest BCUT2D eigenvalue weighted by Crippen LogP contribution is -2.39. The van der Waals surface area contributed by atoms with Crippen LogP contribution in [0.5, 0.6) is 0 Å². The van der Waals surface area contributed by atoms with Crippen LogP contribution in [0.15, 0.2) is 52.0 Å². The van der Waals surface area contributed by atoms with Gasteiger partial charge in [0.15, 0.2) is 0 Å². The third-order valence-corrected chi connectivity index (χ3v) is 5.48. The predicted molar refractivity (Wildman–Crippen MR) is 102 cm³/mol. The van der Waals surface area contributed by atoms with Crippen LogP contribution < -0.4 is 5.56 Å². The summed E-state index contributed by atoms with van der Waals surface area (Å²) in [6, 6.07) is 11.7. The van der Waals surface area contributed by atoms with E-state index in [4.69, 9.17) is 0 Å². The molecule has 0 saturated carbocycles. The summed E-state index contributed by atoms with van der Waals surface area (Å²) in [4.78, 5) is 33.4. The molecule has 0 radical (unpaired) electrons. The van der Waals surface area contributed by atoms with Crippen LogP contribution in [0.1, 0.15) is 21.7 Å². The van der Waals surface area contributed by atoms with Crippen molar-refractivity contribution in [2.45, 2.75) is 13.0 Å². The molecule has 0 fully saturated rings. The van der Waals surface area contributed by atoms with Crippen LogP contribution >= 0.6 is 15.9 Å². The maximum atomic E-state index is 13.0. The highest BCUT2D eigenvalue weighted by molar-refractivity contribution is 9.10. The van der Waals surface area contributed by atoms with Gasteiger partial charge >= 0.3 is 0 Å². The highest BCUT2D eigenvalue weighted by atomic mass is 79.9. The number of nitrogens with zero attached hydrogens (tertiary/aromatic N) is 3. The van der Waals surface area contributed by atoms with Gasteiger partial charge in [0, 0.05) is 34.9 Å². The van der Waals surface area contributed by atoms with Crippen LogP contribution in [0.3, 0.4) is 0 Å². The highest BCUT2D eigenvalue weighted by Gasteiger charge is 2.26. The van der Waals surface area contributed by atoms with E-state index < -0.39 is 0 Å². The quantitative estimate of drug-likeness (QED) is 0.703. The van der Waals surface area contributed by atoms with E-state index in [0.29, 0.717) is 36.5 Å². The number of aromatic amines is 1. The van der Waals surface area contributed by atoms with Gasteiger partial charge < -0.3 is 14.5 Å². The van der Waals surface area contributed by atoms with Crippen molar-refractivity contribution < 1.29 is 4.79 Å². The van der Waals surface area contributed by atoms with E-state index in [1.165, 1.54) is 6.33 Å². The molecule has 0 saturated heterocycles. The molecular formula is C19H17BrN4O2. The minimum Gasteiger partial charge on any atom is -0.340 e. The van der Waals surface area contributed by atoms with Gasteiger partial charge in [-0.15, -0.1) is 0 Å². The molecule has 132 valence electrons. The number of benzene rings is 1. The SMILES string of the molecule is Cn1c(C(=O)N2CCc3c(nc[nH]c3=O)C2)ccc1-c1ccccc1Br. The average molecular weight is 413 g/mol. The second-order valence-corrected chi connectivity index (χ2v) is 7.13. The van der Waals surface area contributed by atoms with E-state index in [-0.39, 0.29) is 11.5 Å². The smallest absolute Gasteiger partial charge is 0.270 e. The van der Waals surface area contributed by atoms with E-state index in [9.17, 15) is 9.59 Å². The number of hydrogen-bond donors (Lipinski definition) is 1. The monoisotopic (exact) mass is 412 g/mol. The molecule has 1 amide bonds. The second-order valence-electron chi connectivity index (χ2n) is 6.28. The summed E-state index contributed by atoms with van der Waals surface area (Å²) in [6.07, 6.45) is 1.91. The van der Waals surface area contributed by atoms with E-state index in [1.807, 2.05) is 48.0 Å². The molecule has 0 aliphatic carbocycles. The Kier molecular flexibility index (Phi) is 4.24. The zero-order valence-corrected chi connectivity index (χ0v) is 15.8. The lowest BCUT2D eigenvalue weighted by Gasteiger charge is -2.27. The molecule has 0 bridgehead atoms. The fourth-order valence-corrected chi connectivity index (χ4v) is 3.85. The molecular weight excluding hydrogens is 396 g/mol. The summed E-state index contributed by atoms with van der Waals surface area (Å²) >= 11 is 3.57. The Morgan fingerprint density at radius 1 is 1.23 bits per heavy atom. The standard InChI is InChI=1S/C19H17BrN4O2/c1-23-16(12-4-2-3-5-14(12)20)6-7-17(23)19(26)24-9-8-13-15(10-24)21-11-22-18(13)25/h2-7,11H,8-10H2,1H3,(H,21,22,25). The zero-order valence-electron chi connectivity index (χ0n) is 14.2. The normalized spacial score (nSPS) is 13.5. The van der Waals surface area contributed by atoms with Crippen molar-refractivity contribution in [3.63, 3.8) is 0 Å². The highest BCUT2D eigenvalue weighted by Crippen LogP contribution is 2.29. The molecule has 3 heterocycles. The molecule has 1 aliphatic heterocycles.